The maximum absolute atomic E-state index is 12.2. The third-order valence-corrected chi connectivity index (χ3v) is 4.13. The van der Waals surface area contributed by atoms with Gasteiger partial charge in [-0.1, -0.05) is 36.4 Å². The smallest absolute Gasteiger partial charge is 0.342 e. The van der Waals surface area contributed by atoms with E-state index in [1.165, 1.54) is 24.3 Å². The lowest BCUT2D eigenvalue weighted by Gasteiger charge is -2.10. The van der Waals surface area contributed by atoms with Crippen molar-refractivity contribution in [2.24, 2.45) is 0 Å². The van der Waals surface area contributed by atoms with Crippen molar-refractivity contribution in [1.82, 2.24) is 0 Å². The molecule has 0 aromatic heterocycles. The van der Waals surface area contributed by atoms with Crippen molar-refractivity contribution in [3.8, 4) is 5.75 Å². The molecule has 2 N–H and O–H groups in total. The molecule has 0 radical (unpaired) electrons. The lowest BCUT2D eigenvalue weighted by molar-refractivity contribution is -0.384. The van der Waals surface area contributed by atoms with Gasteiger partial charge in [-0.05, 0) is 35.4 Å². The fourth-order valence-corrected chi connectivity index (χ4v) is 2.74. The Morgan fingerprint density at radius 3 is 2.46 bits per heavy atom. The van der Waals surface area contributed by atoms with Crippen LogP contribution in [0.25, 0.3) is 10.8 Å². The number of phenols is 1. The molecule has 3 rings (SSSR count). The van der Waals surface area contributed by atoms with Crippen LogP contribution in [0.3, 0.4) is 0 Å². The first-order valence-corrected chi connectivity index (χ1v) is 8.29. The summed E-state index contributed by atoms with van der Waals surface area (Å²) in [6.45, 7) is 0.957. The molecule has 0 atom stereocenters. The summed E-state index contributed by atoms with van der Waals surface area (Å²) in [5.41, 5.74) is 0.211. The lowest BCUT2D eigenvalue weighted by Crippen LogP contribution is -2.22. The molecule has 0 unspecified atom stereocenters. The molecule has 0 bridgehead atoms. The monoisotopic (exact) mass is 380 g/mol. The van der Waals surface area contributed by atoms with E-state index in [-0.39, 0.29) is 22.7 Å². The van der Waals surface area contributed by atoms with E-state index in [4.69, 9.17) is 4.74 Å². The molecule has 0 heterocycles. The zero-order valence-electron chi connectivity index (χ0n) is 14.8. The van der Waals surface area contributed by atoms with Gasteiger partial charge in [-0.25, -0.2) is 4.79 Å². The highest BCUT2D eigenvalue weighted by Crippen LogP contribution is 2.28. The van der Waals surface area contributed by atoms with E-state index < -0.39 is 23.4 Å². The number of hydrogen-bond acceptors (Lipinski definition) is 6. The number of nitro groups is 1. The van der Waals surface area contributed by atoms with E-state index in [9.17, 15) is 24.8 Å². The number of carbonyl (C=O) groups is 2. The summed E-state index contributed by atoms with van der Waals surface area (Å²) in [5, 5.41) is 25.0. The van der Waals surface area contributed by atoms with Gasteiger partial charge in [0.2, 0.25) is 0 Å². The predicted octanol–water partition coefficient (Wildman–Crippen LogP) is 3.56. The van der Waals surface area contributed by atoms with Gasteiger partial charge in [-0.15, -0.1) is 0 Å². The second kappa shape index (κ2) is 7.75. The standard InChI is InChI=1S/C20H16N2O6/c1-12-5-4-8-16(22(26)27)19(12)21-18(24)11-28-20(25)15-9-13-6-2-3-7-14(13)10-17(15)23/h2-10,23H,11H2,1H3,(H,21,24). The van der Waals surface area contributed by atoms with Crippen LogP contribution in [0.1, 0.15) is 15.9 Å². The van der Waals surface area contributed by atoms with Crippen LogP contribution in [0, 0.1) is 17.0 Å². The van der Waals surface area contributed by atoms with Gasteiger partial charge in [0.25, 0.3) is 11.6 Å². The van der Waals surface area contributed by atoms with Crippen LogP contribution in [0.5, 0.6) is 5.75 Å². The summed E-state index contributed by atoms with van der Waals surface area (Å²) >= 11 is 0. The van der Waals surface area contributed by atoms with Crippen molar-refractivity contribution < 1.29 is 24.4 Å². The number of amides is 1. The minimum absolute atomic E-state index is 0.0436. The molecule has 142 valence electrons. The molecule has 0 aliphatic heterocycles. The van der Waals surface area contributed by atoms with Gasteiger partial charge >= 0.3 is 5.97 Å². The molecule has 0 saturated carbocycles. The second-order valence-corrected chi connectivity index (χ2v) is 6.07. The van der Waals surface area contributed by atoms with E-state index in [2.05, 4.69) is 5.32 Å². The molecule has 3 aromatic rings. The quantitative estimate of drug-likeness (QED) is 0.397. The number of nitrogens with zero attached hydrogens (tertiary/aromatic N) is 1. The number of phenolic OH excluding ortho intramolecular Hbond substituents is 1. The van der Waals surface area contributed by atoms with E-state index in [1.807, 2.05) is 0 Å². The number of anilines is 1. The van der Waals surface area contributed by atoms with Crippen LogP contribution in [-0.4, -0.2) is 28.5 Å². The summed E-state index contributed by atoms with van der Waals surface area (Å²) < 4.78 is 4.95. The summed E-state index contributed by atoms with van der Waals surface area (Å²) in [5.74, 6) is -1.87. The summed E-state index contributed by atoms with van der Waals surface area (Å²) in [6, 6.07) is 14.4. The van der Waals surface area contributed by atoms with Gasteiger partial charge in [0.05, 0.1) is 4.92 Å². The van der Waals surface area contributed by atoms with Gasteiger partial charge in [0.15, 0.2) is 6.61 Å². The summed E-state index contributed by atoms with van der Waals surface area (Å²) in [7, 11) is 0. The second-order valence-electron chi connectivity index (χ2n) is 6.07. The molecule has 0 fully saturated rings. The van der Waals surface area contributed by atoms with Crippen LogP contribution < -0.4 is 5.32 Å². The van der Waals surface area contributed by atoms with E-state index in [0.29, 0.717) is 5.56 Å². The van der Waals surface area contributed by atoms with E-state index >= 15 is 0 Å². The fourth-order valence-electron chi connectivity index (χ4n) is 2.74. The van der Waals surface area contributed by atoms with Crippen molar-refractivity contribution in [3.63, 3.8) is 0 Å². The van der Waals surface area contributed by atoms with Crippen molar-refractivity contribution in [3.05, 3.63) is 75.8 Å². The Hall–Kier alpha value is -3.94. The molecule has 0 saturated heterocycles. The van der Waals surface area contributed by atoms with Gasteiger partial charge in [-0.3, -0.25) is 14.9 Å². The zero-order valence-corrected chi connectivity index (χ0v) is 14.8. The maximum atomic E-state index is 12.2. The largest absolute Gasteiger partial charge is 0.507 e. The van der Waals surface area contributed by atoms with Crippen molar-refractivity contribution in [1.29, 1.82) is 0 Å². The molecular weight excluding hydrogens is 364 g/mol. The van der Waals surface area contributed by atoms with Gasteiger partial charge in [0.1, 0.15) is 17.0 Å². The molecule has 0 aliphatic carbocycles. The lowest BCUT2D eigenvalue weighted by atomic mass is 10.1. The van der Waals surface area contributed by atoms with Crippen molar-refractivity contribution in [2.45, 2.75) is 6.92 Å². The predicted molar refractivity (Wildman–Crippen MR) is 102 cm³/mol. The van der Waals surface area contributed by atoms with Gasteiger partial charge in [0, 0.05) is 6.07 Å². The molecule has 0 aliphatic rings. The number of aromatic hydroxyl groups is 1. The van der Waals surface area contributed by atoms with Crippen LogP contribution in [-0.2, 0) is 9.53 Å². The number of nitrogens with one attached hydrogen (secondary N) is 1. The fraction of sp³-hybridized carbons (Fsp3) is 0.100. The first kappa shape index (κ1) is 18.8. The Balaban J connectivity index is 1.71. The number of rotatable bonds is 5. The number of fused-ring (bicyclic) bond motifs is 1. The molecule has 8 heteroatoms. The summed E-state index contributed by atoms with van der Waals surface area (Å²) in [4.78, 5) is 34.8. The van der Waals surface area contributed by atoms with Crippen LogP contribution in [0.4, 0.5) is 11.4 Å². The SMILES string of the molecule is Cc1cccc([N+](=O)[O-])c1NC(=O)COC(=O)c1cc2ccccc2cc1O. The topological polar surface area (TPSA) is 119 Å². The van der Waals surface area contributed by atoms with Gasteiger partial charge < -0.3 is 15.2 Å². The van der Waals surface area contributed by atoms with E-state index in [1.54, 1.807) is 37.3 Å². The Morgan fingerprint density at radius 2 is 1.79 bits per heavy atom. The first-order chi connectivity index (χ1) is 13.4. The highest BCUT2D eigenvalue weighted by Gasteiger charge is 2.20. The summed E-state index contributed by atoms with van der Waals surface area (Å²) in [6.07, 6.45) is 0. The Kier molecular flexibility index (Phi) is 5.21. The third kappa shape index (κ3) is 3.90. The average Bonchev–Trinajstić information content (AvgIpc) is 2.67. The molecule has 28 heavy (non-hydrogen) atoms. The number of hydrogen-bond donors (Lipinski definition) is 2. The number of para-hydroxylation sites is 1. The highest BCUT2D eigenvalue weighted by atomic mass is 16.6. The first-order valence-electron chi connectivity index (χ1n) is 8.29. The van der Waals surface area contributed by atoms with Crippen LogP contribution in [0.2, 0.25) is 0 Å². The van der Waals surface area contributed by atoms with Gasteiger partial charge in [-0.2, -0.15) is 0 Å². The number of carbonyl (C=O) groups excluding carboxylic acids is 2. The number of ether oxygens (including phenoxy) is 1. The molecule has 8 nitrogen and oxygen atoms in total. The Morgan fingerprint density at radius 1 is 1.11 bits per heavy atom. The Bertz CT molecular complexity index is 1090. The van der Waals surface area contributed by atoms with Crippen molar-refractivity contribution in [2.75, 3.05) is 11.9 Å². The minimum Gasteiger partial charge on any atom is -0.507 e. The molecule has 0 spiro atoms. The number of nitro benzene ring substituents is 1. The highest BCUT2D eigenvalue weighted by molar-refractivity contribution is 6.01. The molecular formula is C20H16N2O6. The van der Waals surface area contributed by atoms with Crippen LogP contribution in [0.15, 0.2) is 54.6 Å². The Labute approximate surface area is 159 Å². The van der Waals surface area contributed by atoms with Crippen LogP contribution >= 0.6 is 0 Å². The number of aryl methyl sites for hydroxylation is 1. The molecule has 3 aromatic carbocycles. The number of benzene rings is 3. The van der Waals surface area contributed by atoms with E-state index in [0.717, 1.165) is 10.8 Å². The van der Waals surface area contributed by atoms with Crippen molar-refractivity contribution >= 4 is 34.0 Å². The normalized spacial score (nSPS) is 10.5. The zero-order chi connectivity index (χ0) is 20.3. The number of esters is 1. The third-order valence-electron chi connectivity index (χ3n) is 4.13. The maximum Gasteiger partial charge on any atom is 0.342 e. The molecule has 1 amide bonds. The minimum atomic E-state index is -0.877. The average molecular weight is 380 g/mol.